The quantitative estimate of drug-likeness (QED) is 0.910. The number of ether oxygens (including phenoxy) is 1. The average molecular weight is 262 g/mol. The molecule has 2 aromatic carbocycles. The molecule has 1 unspecified atom stereocenters. The Morgan fingerprint density at radius 1 is 1.11 bits per heavy atom. The zero-order valence-electron chi connectivity index (χ0n) is 10.3. The van der Waals surface area contributed by atoms with Gasteiger partial charge in [-0.05, 0) is 36.2 Å². The van der Waals surface area contributed by atoms with Crippen LogP contribution < -0.4 is 10.5 Å². The van der Waals surface area contributed by atoms with Crippen molar-refractivity contribution in [3.05, 3.63) is 64.7 Å². The molecule has 1 atom stereocenters. The van der Waals surface area contributed by atoms with Gasteiger partial charge in [-0.2, -0.15) is 0 Å². The lowest BCUT2D eigenvalue weighted by atomic mass is 10.1. The fraction of sp³-hybridized carbons (Fsp3) is 0.200. The maximum atomic E-state index is 5.95. The maximum Gasteiger partial charge on any atom is 0.136 e. The molecule has 0 heterocycles. The predicted octanol–water partition coefficient (Wildman–Crippen LogP) is 3.73. The van der Waals surface area contributed by atoms with Crippen molar-refractivity contribution >= 4 is 11.6 Å². The van der Waals surface area contributed by atoms with Gasteiger partial charge in [0, 0.05) is 11.6 Å². The van der Waals surface area contributed by atoms with Gasteiger partial charge in [0.25, 0.3) is 0 Å². The van der Waals surface area contributed by atoms with Crippen molar-refractivity contribution in [3.63, 3.8) is 0 Å². The third-order valence-corrected chi connectivity index (χ3v) is 3.07. The summed E-state index contributed by atoms with van der Waals surface area (Å²) in [4.78, 5) is 0. The first-order valence-corrected chi connectivity index (χ1v) is 6.26. The van der Waals surface area contributed by atoms with Crippen LogP contribution in [-0.4, -0.2) is 6.54 Å². The standard InChI is InChI=1S/C15H16ClNO/c1-11-4-2-3-5-14(11)18-15(10-17)12-6-8-13(16)9-7-12/h2-9,15H,10,17H2,1H3. The predicted molar refractivity (Wildman–Crippen MR) is 75.1 cm³/mol. The molecule has 0 saturated carbocycles. The third-order valence-electron chi connectivity index (χ3n) is 2.82. The molecule has 0 saturated heterocycles. The van der Waals surface area contributed by atoms with Crippen LogP contribution in [0.25, 0.3) is 0 Å². The minimum Gasteiger partial charge on any atom is -0.484 e. The van der Waals surface area contributed by atoms with E-state index in [1.54, 1.807) is 0 Å². The molecule has 0 aliphatic heterocycles. The summed E-state index contributed by atoms with van der Waals surface area (Å²) in [5.74, 6) is 0.864. The first kappa shape index (κ1) is 12.9. The molecule has 2 rings (SSSR count). The zero-order valence-corrected chi connectivity index (χ0v) is 11.0. The smallest absolute Gasteiger partial charge is 0.136 e. The summed E-state index contributed by atoms with van der Waals surface area (Å²) in [5, 5.41) is 0.713. The van der Waals surface area contributed by atoms with Crippen LogP contribution in [0.2, 0.25) is 5.02 Å². The van der Waals surface area contributed by atoms with Crippen LogP contribution >= 0.6 is 11.6 Å². The van der Waals surface area contributed by atoms with Gasteiger partial charge in [0.05, 0.1) is 0 Å². The van der Waals surface area contributed by atoms with Crippen molar-refractivity contribution in [3.8, 4) is 5.75 Å². The van der Waals surface area contributed by atoms with Crippen LogP contribution in [0.1, 0.15) is 17.2 Å². The summed E-state index contributed by atoms with van der Waals surface area (Å²) >= 11 is 5.87. The fourth-order valence-electron chi connectivity index (χ4n) is 1.77. The Labute approximate surface area is 112 Å². The van der Waals surface area contributed by atoms with Gasteiger partial charge in [-0.1, -0.05) is 41.9 Å². The second-order valence-electron chi connectivity index (χ2n) is 4.16. The Kier molecular flexibility index (Phi) is 4.24. The zero-order chi connectivity index (χ0) is 13.0. The van der Waals surface area contributed by atoms with E-state index in [0.29, 0.717) is 11.6 Å². The molecular weight excluding hydrogens is 246 g/mol. The summed E-state index contributed by atoms with van der Waals surface area (Å²) in [7, 11) is 0. The van der Waals surface area contributed by atoms with Gasteiger partial charge < -0.3 is 10.5 Å². The minimum absolute atomic E-state index is 0.150. The second-order valence-corrected chi connectivity index (χ2v) is 4.60. The molecule has 2 nitrogen and oxygen atoms in total. The normalized spacial score (nSPS) is 12.2. The summed E-state index contributed by atoms with van der Waals surface area (Å²) in [5.41, 5.74) is 7.92. The van der Waals surface area contributed by atoms with E-state index in [4.69, 9.17) is 22.1 Å². The lowest BCUT2D eigenvalue weighted by molar-refractivity contribution is 0.213. The highest BCUT2D eigenvalue weighted by atomic mass is 35.5. The van der Waals surface area contributed by atoms with Gasteiger partial charge in [0.1, 0.15) is 11.9 Å². The number of halogens is 1. The van der Waals surface area contributed by atoms with Gasteiger partial charge in [-0.25, -0.2) is 0 Å². The molecular formula is C15H16ClNO. The van der Waals surface area contributed by atoms with Crippen LogP contribution in [-0.2, 0) is 0 Å². The number of para-hydroxylation sites is 1. The van der Waals surface area contributed by atoms with Gasteiger partial charge in [0.2, 0.25) is 0 Å². The summed E-state index contributed by atoms with van der Waals surface area (Å²) in [6.07, 6.45) is -0.150. The number of aryl methyl sites for hydroxylation is 1. The number of hydrogen-bond donors (Lipinski definition) is 1. The van der Waals surface area contributed by atoms with Crippen molar-refractivity contribution < 1.29 is 4.74 Å². The molecule has 0 aliphatic rings. The minimum atomic E-state index is -0.150. The van der Waals surface area contributed by atoms with Gasteiger partial charge in [-0.3, -0.25) is 0 Å². The Balaban J connectivity index is 2.20. The van der Waals surface area contributed by atoms with E-state index in [0.717, 1.165) is 16.9 Å². The van der Waals surface area contributed by atoms with E-state index < -0.39 is 0 Å². The van der Waals surface area contributed by atoms with E-state index in [2.05, 4.69) is 0 Å². The number of nitrogens with two attached hydrogens (primary N) is 1. The molecule has 0 radical (unpaired) electrons. The Bertz CT molecular complexity index is 510. The molecule has 0 aliphatic carbocycles. The monoisotopic (exact) mass is 261 g/mol. The summed E-state index contributed by atoms with van der Waals surface area (Å²) in [6.45, 7) is 2.45. The van der Waals surface area contributed by atoms with Gasteiger partial charge in [-0.15, -0.1) is 0 Å². The highest BCUT2D eigenvalue weighted by Gasteiger charge is 2.12. The highest BCUT2D eigenvalue weighted by molar-refractivity contribution is 6.30. The molecule has 0 fully saturated rings. The molecule has 0 spiro atoms. The van der Waals surface area contributed by atoms with E-state index in [1.165, 1.54) is 0 Å². The molecule has 94 valence electrons. The van der Waals surface area contributed by atoms with E-state index in [9.17, 15) is 0 Å². The number of benzene rings is 2. The van der Waals surface area contributed by atoms with E-state index >= 15 is 0 Å². The lowest BCUT2D eigenvalue weighted by Gasteiger charge is -2.19. The van der Waals surface area contributed by atoms with Crippen LogP contribution in [0.3, 0.4) is 0 Å². The molecule has 2 N–H and O–H groups in total. The molecule has 3 heteroatoms. The van der Waals surface area contributed by atoms with Crippen LogP contribution in [0.4, 0.5) is 0 Å². The molecule has 0 aromatic heterocycles. The average Bonchev–Trinajstić information content (AvgIpc) is 2.39. The Morgan fingerprint density at radius 2 is 1.78 bits per heavy atom. The third kappa shape index (κ3) is 3.03. The van der Waals surface area contributed by atoms with E-state index in [1.807, 2.05) is 55.5 Å². The SMILES string of the molecule is Cc1ccccc1OC(CN)c1ccc(Cl)cc1. The number of hydrogen-bond acceptors (Lipinski definition) is 2. The first-order valence-electron chi connectivity index (χ1n) is 5.88. The largest absolute Gasteiger partial charge is 0.484 e. The molecule has 18 heavy (non-hydrogen) atoms. The lowest BCUT2D eigenvalue weighted by Crippen LogP contribution is -2.18. The molecule has 0 bridgehead atoms. The van der Waals surface area contributed by atoms with Crippen molar-refractivity contribution in [2.45, 2.75) is 13.0 Å². The highest BCUT2D eigenvalue weighted by Crippen LogP contribution is 2.25. The maximum absolute atomic E-state index is 5.95. The second kappa shape index (κ2) is 5.89. The van der Waals surface area contributed by atoms with Crippen LogP contribution in [0.15, 0.2) is 48.5 Å². The van der Waals surface area contributed by atoms with Crippen LogP contribution in [0, 0.1) is 6.92 Å². The van der Waals surface area contributed by atoms with Crippen molar-refractivity contribution in [2.75, 3.05) is 6.54 Å². The van der Waals surface area contributed by atoms with Crippen molar-refractivity contribution in [1.82, 2.24) is 0 Å². The van der Waals surface area contributed by atoms with E-state index in [-0.39, 0.29) is 6.10 Å². The fourth-order valence-corrected chi connectivity index (χ4v) is 1.90. The summed E-state index contributed by atoms with van der Waals surface area (Å²) < 4.78 is 5.95. The summed E-state index contributed by atoms with van der Waals surface area (Å²) in [6, 6.07) is 15.5. The van der Waals surface area contributed by atoms with Gasteiger partial charge in [0.15, 0.2) is 0 Å². The molecule has 0 amide bonds. The molecule has 2 aromatic rings. The van der Waals surface area contributed by atoms with Gasteiger partial charge >= 0.3 is 0 Å². The number of rotatable bonds is 4. The Morgan fingerprint density at radius 3 is 2.39 bits per heavy atom. The first-order chi connectivity index (χ1) is 8.70. The Hall–Kier alpha value is -1.51. The van der Waals surface area contributed by atoms with Crippen molar-refractivity contribution in [1.29, 1.82) is 0 Å². The van der Waals surface area contributed by atoms with Crippen LogP contribution in [0.5, 0.6) is 5.75 Å². The topological polar surface area (TPSA) is 35.2 Å². The van der Waals surface area contributed by atoms with Crippen molar-refractivity contribution in [2.24, 2.45) is 5.73 Å².